The molecule has 5 nitrogen and oxygen atoms in total. The van der Waals surface area contributed by atoms with E-state index in [1.807, 2.05) is 5.32 Å². The lowest BCUT2D eigenvalue weighted by molar-refractivity contribution is -0.121. The van der Waals surface area contributed by atoms with E-state index in [9.17, 15) is 22.8 Å². The van der Waals surface area contributed by atoms with Gasteiger partial charge in [0.1, 0.15) is 5.75 Å². The summed E-state index contributed by atoms with van der Waals surface area (Å²) in [6.45, 7) is -0.489. The number of anilines is 1. The van der Waals surface area contributed by atoms with E-state index >= 15 is 0 Å². The molecule has 2 amide bonds. The molecule has 0 radical (unpaired) electrons. The zero-order chi connectivity index (χ0) is 20.0. The Morgan fingerprint density at radius 2 is 1.89 bits per heavy atom. The summed E-state index contributed by atoms with van der Waals surface area (Å²) in [5, 5.41) is 4.34. The number of rotatable bonds is 6. The molecule has 0 atom stereocenters. The van der Waals surface area contributed by atoms with E-state index in [1.54, 1.807) is 18.2 Å². The number of halogens is 4. The van der Waals surface area contributed by atoms with E-state index in [0.717, 1.165) is 10.5 Å². The van der Waals surface area contributed by atoms with Crippen LogP contribution in [0.2, 0.25) is 0 Å². The van der Waals surface area contributed by atoms with Crippen LogP contribution in [0.3, 0.4) is 0 Å². The second kappa shape index (κ2) is 9.22. The van der Waals surface area contributed by atoms with Gasteiger partial charge in [-0.1, -0.05) is 15.9 Å². The molecule has 0 unspecified atom stereocenters. The Kier molecular flexibility index (Phi) is 7.00. The van der Waals surface area contributed by atoms with Crippen LogP contribution >= 0.6 is 15.9 Å². The van der Waals surface area contributed by atoms with Gasteiger partial charge >= 0.3 is 0 Å². The van der Waals surface area contributed by atoms with Crippen LogP contribution in [0.1, 0.15) is 5.56 Å². The molecule has 2 N–H and O–H groups in total. The third kappa shape index (κ3) is 5.58. The fraction of sp³-hybridized carbons (Fsp3) is 0.111. The van der Waals surface area contributed by atoms with Crippen LogP contribution in [0, 0.1) is 17.5 Å². The zero-order valence-electron chi connectivity index (χ0n) is 14.0. The van der Waals surface area contributed by atoms with Gasteiger partial charge in [0.2, 0.25) is 11.8 Å². The molecule has 9 heteroatoms. The van der Waals surface area contributed by atoms with Crippen molar-refractivity contribution in [3.05, 3.63) is 63.9 Å². The molecular formula is C18H14BrF3N2O3. The molecule has 2 aromatic rings. The molecule has 0 aliphatic heterocycles. The maximum atomic E-state index is 13.5. The minimum absolute atomic E-state index is 0.489. The van der Waals surface area contributed by atoms with Gasteiger partial charge in [-0.3, -0.25) is 9.59 Å². The van der Waals surface area contributed by atoms with E-state index in [1.165, 1.54) is 19.3 Å². The average Bonchev–Trinajstić information content (AvgIpc) is 2.65. The van der Waals surface area contributed by atoms with Crippen LogP contribution in [-0.2, 0) is 9.59 Å². The van der Waals surface area contributed by atoms with Crippen LogP contribution in [0.4, 0.5) is 18.9 Å². The standard InChI is InChI=1S/C18H14BrF3N2O3/c1-27-14-6-3-11(19)8-10(14)2-7-15(25)23-9-16(26)24-13-5-4-12(20)17(21)18(13)22/h2-8H,9H2,1H3,(H,23,25)(H,24,26)/b7-2+. The van der Waals surface area contributed by atoms with E-state index in [0.29, 0.717) is 17.4 Å². The molecular weight excluding hydrogens is 429 g/mol. The SMILES string of the molecule is COc1ccc(Br)cc1/C=C/C(=O)NCC(=O)Nc1ccc(F)c(F)c1F. The summed E-state index contributed by atoms with van der Waals surface area (Å²) < 4.78 is 45.4. The van der Waals surface area contributed by atoms with Gasteiger partial charge in [-0.25, -0.2) is 13.2 Å². The van der Waals surface area contributed by atoms with Crippen molar-refractivity contribution in [2.75, 3.05) is 19.0 Å². The number of amides is 2. The second-order valence-electron chi connectivity index (χ2n) is 5.21. The summed E-state index contributed by atoms with van der Waals surface area (Å²) >= 11 is 3.31. The highest BCUT2D eigenvalue weighted by molar-refractivity contribution is 9.10. The van der Waals surface area contributed by atoms with Crippen molar-refractivity contribution in [2.45, 2.75) is 0 Å². The fourth-order valence-corrected chi connectivity index (χ4v) is 2.42. The molecule has 0 aliphatic rings. The first-order valence-electron chi connectivity index (χ1n) is 7.54. The van der Waals surface area contributed by atoms with E-state index in [2.05, 4.69) is 21.2 Å². The third-order valence-electron chi connectivity index (χ3n) is 3.34. The molecule has 0 saturated heterocycles. The largest absolute Gasteiger partial charge is 0.496 e. The van der Waals surface area contributed by atoms with Gasteiger partial charge in [0.05, 0.1) is 19.3 Å². The van der Waals surface area contributed by atoms with Crippen molar-refractivity contribution in [1.29, 1.82) is 0 Å². The first-order chi connectivity index (χ1) is 12.8. The summed E-state index contributed by atoms with van der Waals surface area (Å²) in [4.78, 5) is 23.5. The van der Waals surface area contributed by atoms with Crippen LogP contribution < -0.4 is 15.4 Å². The first kappa shape index (κ1) is 20.5. The van der Waals surface area contributed by atoms with Crippen molar-refractivity contribution in [1.82, 2.24) is 5.32 Å². The Labute approximate surface area is 161 Å². The fourth-order valence-electron chi connectivity index (χ4n) is 2.04. The lowest BCUT2D eigenvalue weighted by atomic mass is 10.2. The lowest BCUT2D eigenvalue weighted by Gasteiger charge is -2.08. The van der Waals surface area contributed by atoms with Gasteiger partial charge in [-0.05, 0) is 36.4 Å². The molecule has 142 valence electrons. The summed E-state index contributed by atoms with van der Waals surface area (Å²) in [6, 6.07) is 6.79. The van der Waals surface area contributed by atoms with Gasteiger partial charge < -0.3 is 15.4 Å². The smallest absolute Gasteiger partial charge is 0.244 e. The highest BCUT2D eigenvalue weighted by atomic mass is 79.9. The number of benzene rings is 2. The molecule has 0 saturated carbocycles. The van der Waals surface area contributed by atoms with Gasteiger partial charge in [0.15, 0.2) is 17.5 Å². The van der Waals surface area contributed by atoms with Crippen molar-refractivity contribution in [3.8, 4) is 5.75 Å². The first-order valence-corrected chi connectivity index (χ1v) is 8.34. The molecule has 2 aromatic carbocycles. The lowest BCUT2D eigenvalue weighted by Crippen LogP contribution is -2.32. The summed E-state index contributed by atoms with van der Waals surface area (Å²) in [7, 11) is 1.49. The van der Waals surface area contributed by atoms with Crippen molar-refractivity contribution in [3.63, 3.8) is 0 Å². The number of methoxy groups -OCH3 is 1. The van der Waals surface area contributed by atoms with E-state index in [4.69, 9.17) is 4.74 Å². The molecule has 0 bridgehead atoms. The Bertz CT molecular complexity index is 904. The Balaban J connectivity index is 1.93. The average molecular weight is 443 g/mol. The molecule has 0 aromatic heterocycles. The molecule has 27 heavy (non-hydrogen) atoms. The van der Waals surface area contributed by atoms with Crippen molar-refractivity contribution < 1.29 is 27.5 Å². The van der Waals surface area contributed by atoms with Crippen molar-refractivity contribution in [2.24, 2.45) is 0 Å². The number of hydrogen-bond donors (Lipinski definition) is 2. The Hall–Kier alpha value is -2.81. The maximum Gasteiger partial charge on any atom is 0.244 e. The second-order valence-corrected chi connectivity index (χ2v) is 6.12. The van der Waals surface area contributed by atoms with E-state index in [-0.39, 0.29) is 0 Å². The summed E-state index contributed by atoms with van der Waals surface area (Å²) in [6.07, 6.45) is 2.68. The molecule has 0 aliphatic carbocycles. The summed E-state index contributed by atoms with van der Waals surface area (Å²) in [5.74, 6) is -5.42. The highest BCUT2D eigenvalue weighted by Crippen LogP contribution is 2.24. The van der Waals surface area contributed by atoms with Crippen LogP contribution in [-0.4, -0.2) is 25.5 Å². The highest BCUT2D eigenvalue weighted by Gasteiger charge is 2.15. The quantitative estimate of drug-likeness (QED) is 0.530. The summed E-state index contributed by atoms with van der Waals surface area (Å²) in [5.41, 5.74) is 0.109. The normalized spacial score (nSPS) is 10.7. The number of nitrogens with one attached hydrogen (secondary N) is 2. The Morgan fingerprint density at radius 3 is 2.59 bits per heavy atom. The van der Waals surface area contributed by atoms with Crippen LogP contribution in [0.25, 0.3) is 6.08 Å². The number of carbonyl (C=O) groups is 2. The van der Waals surface area contributed by atoms with E-state index < -0.39 is 41.5 Å². The topological polar surface area (TPSA) is 67.4 Å². The molecule has 0 heterocycles. The monoisotopic (exact) mass is 442 g/mol. The van der Waals surface area contributed by atoms with Crippen molar-refractivity contribution >= 4 is 39.5 Å². The predicted octanol–water partition coefficient (Wildman–Crippen LogP) is 3.64. The molecule has 0 spiro atoms. The zero-order valence-corrected chi connectivity index (χ0v) is 15.6. The van der Waals surface area contributed by atoms with Crippen LogP contribution in [0.15, 0.2) is 40.9 Å². The molecule has 0 fully saturated rings. The number of ether oxygens (including phenoxy) is 1. The Morgan fingerprint density at radius 1 is 1.15 bits per heavy atom. The van der Waals surface area contributed by atoms with Gasteiger partial charge in [0.25, 0.3) is 0 Å². The van der Waals surface area contributed by atoms with Crippen LogP contribution in [0.5, 0.6) is 5.75 Å². The number of carbonyl (C=O) groups excluding carboxylic acids is 2. The number of hydrogen-bond acceptors (Lipinski definition) is 3. The van der Waals surface area contributed by atoms with Gasteiger partial charge in [-0.2, -0.15) is 0 Å². The molecule has 2 rings (SSSR count). The minimum Gasteiger partial charge on any atom is -0.496 e. The maximum absolute atomic E-state index is 13.5. The van der Waals surface area contributed by atoms with Gasteiger partial charge in [0, 0.05) is 16.1 Å². The third-order valence-corrected chi connectivity index (χ3v) is 3.83. The van der Waals surface area contributed by atoms with Gasteiger partial charge in [-0.15, -0.1) is 0 Å². The predicted molar refractivity (Wildman–Crippen MR) is 97.7 cm³/mol. The minimum atomic E-state index is -1.69.